The molecule has 1 fully saturated rings. The third kappa shape index (κ3) is 1.84. The molecule has 3 heterocycles. The van der Waals surface area contributed by atoms with Gasteiger partial charge in [0.15, 0.2) is 0 Å². The smallest absolute Gasteiger partial charge is 0.233 e. The van der Waals surface area contributed by atoms with Gasteiger partial charge in [-0.25, -0.2) is 9.97 Å². The van der Waals surface area contributed by atoms with Crippen LogP contribution in [-0.4, -0.2) is 38.3 Å². The average Bonchev–Trinajstić information content (AvgIpc) is 2.95. The molecule has 0 radical (unpaired) electrons. The summed E-state index contributed by atoms with van der Waals surface area (Å²) >= 11 is 0. The number of primary amides is 1. The van der Waals surface area contributed by atoms with Crippen molar-refractivity contribution in [2.45, 2.75) is 18.9 Å². The Hall–Kier alpha value is -1.95. The Morgan fingerprint density at radius 1 is 1.44 bits per heavy atom. The zero-order valence-electron chi connectivity index (χ0n) is 9.99. The molecule has 0 saturated carbocycles. The highest BCUT2D eigenvalue weighted by molar-refractivity contribution is 5.76. The molecule has 2 N–H and O–H groups in total. The summed E-state index contributed by atoms with van der Waals surface area (Å²) in [5, 5.41) is 0. The molecule has 1 aliphatic heterocycles. The van der Waals surface area contributed by atoms with Gasteiger partial charge in [-0.15, -0.1) is 0 Å². The molecule has 0 bridgehead atoms. The summed E-state index contributed by atoms with van der Waals surface area (Å²) in [6.07, 6.45) is 7.51. The molecule has 6 heteroatoms. The van der Waals surface area contributed by atoms with Crippen molar-refractivity contribution in [1.82, 2.24) is 19.3 Å². The summed E-state index contributed by atoms with van der Waals surface area (Å²) < 4.78 is 1.98. The first kappa shape index (κ1) is 11.2. The molecule has 0 aliphatic carbocycles. The summed E-state index contributed by atoms with van der Waals surface area (Å²) in [4.78, 5) is 21.6. The van der Waals surface area contributed by atoms with Crippen LogP contribution in [0, 0.1) is 0 Å². The highest BCUT2D eigenvalue weighted by Crippen LogP contribution is 2.31. The number of likely N-dealkylation sites (tertiary alicyclic amines) is 1. The Morgan fingerprint density at radius 2 is 2.28 bits per heavy atom. The van der Waals surface area contributed by atoms with E-state index in [0.29, 0.717) is 12.3 Å². The SMILES string of the molecule is NC(=O)CN1CCCC1c1ccnc2nccn12. The largest absolute Gasteiger partial charge is 0.369 e. The maximum Gasteiger partial charge on any atom is 0.233 e. The third-order valence-corrected chi connectivity index (χ3v) is 3.40. The highest BCUT2D eigenvalue weighted by Gasteiger charge is 2.28. The number of aromatic nitrogens is 3. The Labute approximate surface area is 104 Å². The number of nitrogens with two attached hydrogens (primary N) is 1. The number of fused-ring (bicyclic) bond motifs is 1. The summed E-state index contributed by atoms with van der Waals surface area (Å²) in [6.45, 7) is 1.22. The van der Waals surface area contributed by atoms with E-state index in [2.05, 4.69) is 14.9 Å². The number of nitrogens with zero attached hydrogens (tertiary/aromatic N) is 4. The van der Waals surface area contributed by atoms with Crippen LogP contribution in [0.25, 0.3) is 5.78 Å². The van der Waals surface area contributed by atoms with Crippen LogP contribution >= 0.6 is 0 Å². The fourth-order valence-corrected chi connectivity index (χ4v) is 2.68. The van der Waals surface area contributed by atoms with Gasteiger partial charge in [-0.1, -0.05) is 0 Å². The second-order valence-electron chi connectivity index (χ2n) is 4.56. The van der Waals surface area contributed by atoms with Crippen molar-refractivity contribution in [2.75, 3.05) is 13.1 Å². The van der Waals surface area contributed by atoms with Crippen molar-refractivity contribution < 1.29 is 4.79 Å². The van der Waals surface area contributed by atoms with Crippen LogP contribution in [-0.2, 0) is 4.79 Å². The lowest BCUT2D eigenvalue weighted by Gasteiger charge is -2.23. The molecule has 1 unspecified atom stereocenters. The maximum atomic E-state index is 11.1. The number of carbonyl (C=O) groups is 1. The van der Waals surface area contributed by atoms with E-state index < -0.39 is 0 Å². The molecule has 1 amide bonds. The van der Waals surface area contributed by atoms with E-state index in [1.54, 1.807) is 12.4 Å². The molecule has 2 aromatic rings. The Morgan fingerprint density at radius 3 is 3.11 bits per heavy atom. The lowest BCUT2D eigenvalue weighted by Crippen LogP contribution is -2.33. The van der Waals surface area contributed by atoms with E-state index in [4.69, 9.17) is 5.73 Å². The van der Waals surface area contributed by atoms with Gasteiger partial charge in [0.1, 0.15) is 0 Å². The van der Waals surface area contributed by atoms with Gasteiger partial charge >= 0.3 is 0 Å². The molecule has 18 heavy (non-hydrogen) atoms. The van der Waals surface area contributed by atoms with Crippen molar-refractivity contribution in [3.63, 3.8) is 0 Å². The Kier molecular flexibility index (Phi) is 2.71. The predicted molar refractivity (Wildman–Crippen MR) is 65.7 cm³/mol. The highest BCUT2D eigenvalue weighted by atomic mass is 16.1. The molecule has 1 atom stereocenters. The average molecular weight is 245 g/mol. The lowest BCUT2D eigenvalue weighted by atomic mass is 10.1. The third-order valence-electron chi connectivity index (χ3n) is 3.40. The molecule has 3 rings (SSSR count). The van der Waals surface area contributed by atoms with Crippen LogP contribution in [0.1, 0.15) is 24.6 Å². The van der Waals surface area contributed by atoms with E-state index in [1.807, 2.05) is 16.7 Å². The Balaban J connectivity index is 1.98. The minimum absolute atomic E-state index is 0.220. The number of carbonyl (C=O) groups excluding carboxylic acids is 1. The first-order chi connectivity index (χ1) is 8.75. The fraction of sp³-hybridized carbons (Fsp3) is 0.417. The zero-order valence-corrected chi connectivity index (χ0v) is 9.99. The molecule has 0 aromatic carbocycles. The molecule has 1 aliphatic rings. The van der Waals surface area contributed by atoms with E-state index in [1.165, 1.54) is 0 Å². The van der Waals surface area contributed by atoms with E-state index in [-0.39, 0.29) is 11.9 Å². The minimum atomic E-state index is -0.280. The number of amides is 1. The van der Waals surface area contributed by atoms with Crippen LogP contribution in [0.15, 0.2) is 24.7 Å². The molecule has 2 aromatic heterocycles. The van der Waals surface area contributed by atoms with Gasteiger partial charge in [0.25, 0.3) is 0 Å². The quantitative estimate of drug-likeness (QED) is 0.846. The van der Waals surface area contributed by atoms with Crippen molar-refractivity contribution >= 4 is 11.7 Å². The van der Waals surface area contributed by atoms with Crippen LogP contribution in [0.4, 0.5) is 0 Å². The van der Waals surface area contributed by atoms with Crippen molar-refractivity contribution in [1.29, 1.82) is 0 Å². The zero-order chi connectivity index (χ0) is 12.5. The molecule has 1 saturated heterocycles. The summed E-state index contributed by atoms with van der Waals surface area (Å²) in [7, 11) is 0. The van der Waals surface area contributed by atoms with E-state index in [0.717, 1.165) is 25.1 Å². The Bertz CT molecular complexity index is 579. The minimum Gasteiger partial charge on any atom is -0.369 e. The second kappa shape index (κ2) is 4.38. The molecule has 94 valence electrons. The predicted octanol–water partition coefficient (Wildman–Crippen LogP) is 0.351. The molecular formula is C12H15N5O. The first-order valence-corrected chi connectivity index (χ1v) is 6.06. The van der Waals surface area contributed by atoms with E-state index >= 15 is 0 Å². The van der Waals surface area contributed by atoms with Crippen molar-refractivity contribution in [3.05, 3.63) is 30.4 Å². The number of hydrogen-bond acceptors (Lipinski definition) is 4. The maximum absolute atomic E-state index is 11.1. The van der Waals surface area contributed by atoms with Crippen molar-refractivity contribution in [3.8, 4) is 0 Å². The van der Waals surface area contributed by atoms with Gasteiger partial charge in [0, 0.05) is 24.3 Å². The van der Waals surface area contributed by atoms with Gasteiger partial charge in [-0.3, -0.25) is 14.1 Å². The van der Waals surface area contributed by atoms with Gasteiger partial charge in [-0.05, 0) is 25.5 Å². The normalized spacial score (nSPS) is 20.6. The van der Waals surface area contributed by atoms with Gasteiger partial charge < -0.3 is 5.73 Å². The molecule has 0 spiro atoms. The van der Waals surface area contributed by atoms with Crippen LogP contribution in [0.2, 0.25) is 0 Å². The molecular weight excluding hydrogens is 230 g/mol. The number of hydrogen-bond donors (Lipinski definition) is 1. The lowest BCUT2D eigenvalue weighted by molar-refractivity contribution is -0.119. The van der Waals surface area contributed by atoms with E-state index in [9.17, 15) is 4.79 Å². The van der Waals surface area contributed by atoms with Crippen LogP contribution < -0.4 is 5.73 Å². The van der Waals surface area contributed by atoms with Crippen LogP contribution in [0.5, 0.6) is 0 Å². The van der Waals surface area contributed by atoms with Gasteiger partial charge in [0.2, 0.25) is 11.7 Å². The fourth-order valence-electron chi connectivity index (χ4n) is 2.68. The number of rotatable bonds is 3. The van der Waals surface area contributed by atoms with Gasteiger partial charge in [0.05, 0.1) is 12.6 Å². The van der Waals surface area contributed by atoms with Gasteiger partial charge in [-0.2, -0.15) is 0 Å². The molecule has 6 nitrogen and oxygen atoms in total. The summed E-state index contributed by atoms with van der Waals surface area (Å²) in [5.74, 6) is 0.413. The van der Waals surface area contributed by atoms with Crippen molar-refractivity contribution in [2.24, 2.45) is 5.73 Å². The topological polar surface area (TPSA) is 76.5 Å². The monoisotopic (exact) mass is 245 g/mol. The summed E-state index contributed by atoms with van der Waals surface area (Å²) in [6, 6.07) is 2.20. The summed E-state index contributed by atoms with van der Waals surface area (Å²) in [5.41, 5.74) is 6.41. The standard InChI is InChI=1S/C12H15N5O/c13-11(18)8-16-6-1-2-9(16)10-3-4-14-12-15-5-7-17(10)12/h3-5,7,9H,1-2,6,8H2,(H2,13,18). The second-order valence-corrected chi connectivity index (χ2v) is 4.56. The number of imidazole rings is 1. The van der Waals surface area contributed by atoms with Crippen LogP contribution in [0.3, 0.4) is 0 Å². The first-order valence-electron chi connectivity index (χ1n) is 6.06.